The Morgan fingerprint density at radius 1 is 1.25 bits per heavy atom. The fourth-order valence-electron chi connectivity index (χ4n) is 3.49. The molecule has 1 saturated heterocycles. The number of aryl methyl sites for hydroxylation is 1. The molecule has 0 radical (unpaired) electrons. The average Bonchev–Trinajstić information content (AvgIpc) is 2.86. The van der Waals surface area contributed by atoms with Crippen LogP contribution in [0.5, 0.6) is 0 Å². The molecule has 24 heavy (non-hydrogen) atoms. The molecular weight excluding hydrogens is 456 g/mol. The van der Waals surface area contributed by atoms with Crippen molar-refractivity contribution in [1.29, 1.82) is 0 Å². The number of rotatable bonds is 4. The van der Waals surface area contributed by atoms with Crippen molar-refractivity contribution in [3.05, 3.63) is 29.8 Å². The molecule has 0 unspecified atom stereocenters. The van der Waals surface area contributed by atoms with E-state index in [0.29, 0.717) is 42.4 Å². The molecule has 0 amide bonds. The van der Waals surface area contributed by atoms with Gasteiger partial charge in [-0.1, -0.05) is 0 Å². The van der Waals surface area contributed by atoms with Crippen LogP contribution >= 0.6 is 0 Å². The quantitative estimate of drug-likeness (QED) is 0.648. The van der Waals surface area contributed by atoms with Gasteiger partial charge in [-0.3, -0.25) is 0 Å². The Morgan fingerprint density at radius 3 is 2.46 bits per heavy atom. The van der Waals surface area contributed by atoms with Crippen molar-refractivity contribution in [1.82, 2.24) is 4.72 Å². The topological polar surface area (TPSA) is 66.4 Å². The van der Waals surface area contributed by atoms with E-state index in [2.05, 4.69) is 25.5 Å². The van der Waals surface area contributed by atoms with Crippen molar-refractivity contribution >= 4 is 36.3 Å². The zero-order valence-corrected chi connectivity index (χ0v) is 18.7. The van der Waals surface area contributed by atoms with Crippen molar-refractivity contribution in [3.8, 4) is 0 Å². The molecular formula is C17H25NO3SSe2. The van der Waals surface area contributed by atoms with Crippen LogP contribution in [0.25, 0.3) is 0 Å². The van der Waals surface area contributed by atoms with Crippen LogP contribution < -0.4 is 4.72 Å². The Labute approximate surface area is 156 Å². The van der Waals surface area contributed by atoms with Crippen LogP contribution in [0.2, 0.25) is 9.13 Å². The van der Waals surface area contributed by atoms with Gasteiger partial charge < -0.3 is 0 Å². The van der Waals surface area contributed by atoms with Crippen molar-refractivity contribution in [3.63, 3.8) is 0 Å². The van der Waals surface area contributed by atoms with Crippen molar-refractivity contribution in [2.24, 2.45) is 5.92 Å². The van der Waals surface area contributed by atoms with E-state index >= 15 is 0 Å². The van der Waals surface area contributed by atoms with E-state index in [9.17, 15) is 13.5 Å². The zero-order chi connectivity index (χ0) is 17.8. The van der Waals surface area contributed by atoms with Gasteiger partial charge in [0.05, 0.1) is 0 Å². The van der Waals surface area contributed by atoms with Gasteiger partial charge in [-0.2, -0.15) is 0 Å². The fraction of sp³-hybridized carbons (Fsp3) is 0.647. The molecule has 2 N–H and O–H groups in total. The number of fused-ring (bicyclic) bond motifs is 2. The first-order valence-electron chi connectivity index (χ1n) is 8.23. The predicted octanol–water partition coefficient (Wildman–Crippen LogP) is 2.13. The third-order valence-electron chi connectivity index (χ3n) is 5.40. The summed E-state index contributed by atoms with van der Waals surface area (Å²) in [5, 5.41) is 11.2. The van der Waals surface area contributed by atoms with Gasteiger partial charge in [0.25, 0.3) is 0 Å². The van der Waals surface area contributed by atoms with Crippen LogP contribution in [-0.2, 0) is 10.0 Å². The van der Waals surface area contributed by atoms with E-state index in [0.717, 1.165) is 12.0 Å². The van der Waals surface area contributed by atoms with E-state index in [1.165, 1.54) is 0 Å². The monoisotopic (exact) mass is 483 g/mol. The van der Waals surface area contributed by atoms with E-state index in [4.69, 9.17) is 0 Å². The Hall–Kier alpha value is 0.129. The SMILES string of the molecule is Cc1ccc(S(=O)(=O)N[C@H]2C[C@](O)(C(C)C)[C@H]3C[C@]2(C)[Se][Se]3)cc1. The van der Waals surface area contributed by atoms with Gasteiger partial charge >= 0.3 is 156 Å². The van der Waals surface area contributed by atoms with E-state index in [1.54, 1.807) is 12.1 Å². The standard InChI is InChI=1S/C17H25NO3SSe2/c1-11(2)17(19)9-14(16(4)10-15(17)23-24-16)18-22(20,21)13-7-5-12(3)6-8-13/h5-8,11,14-15,18-19H,9-10H2,1-4H3/t14-,15+,16-,17-/m0/s1. The molecule has 1 saturated carbocycles. The molecule has 7 heteroatoms. The van der Waals surface area contributed by atoms with Gasteiger partial charge in [-0.15, -0.1) is 0 Å². The summed E-state index contributed by atoms with van der Waals surface area (Å²) in [5.41, 5.74) is 0.301. The summed E-state index contributed by atoms with van der Waals surface area (Å²) in [6.07, 6.45) is 1.48. The Bertz CT molecular complexity index is 722. The van der Waals surface area contributed by atoms with Gasteiger partial charge in [0.1, 0.15) is 0 Å². The van der Waals surface area contributed by atoms with Crippen molar-refractivity contribution in [2.45, 2.75) is 66.2 Å². The molecule has 0 spiro atoms. The van der Waals surface area contributed by atoms with Gasteiger partial charge in [-0.25, -0.2) is 0 Å². The first-order valence-corrected chi connectivity index (χ1v) is 15.9. The van der Waals surface area contributed by atoms with Gasteiger partial charge in [-0.05, 0) is 0 Å². The van der Waals surface area contributed by atoms with E-state index in [1.807, 2.05) is 19.1 Å². The van der Waals surface area contributed by atoms with Crippen LogP contribution in [0.15, 0.2) is 29.2 Å². The third-order valence-corrected chi connectivity index (χ3v) is 18.3. The number of nitrogens with one attached hydrogen (secondary N) is 1. The molecule has 2 aliphatic rings. The second-order valence-electron chi connectivity index (χ2n) is 7.52. The maximum absolute atomic E-state index is 12.8. The van der Waals surface area contributed by atoms with Crippen molar-refractivity contribution < 1.29 is 13.5 Å². The molecule has 3 rings (SSSR count). The molecule has 0 aromatic heterocycles. The minimum absolute atomic E-state index is 0.0244. The third kappa shape index (κ3) is 3.25. The van der Waals surface area contributed by atoms with Crippen LogP contribution in [-0.4, -0.2) is 51.4 Å². The number of aliphatic hydroxyl groups is 1. The molecule has 134 valence electrons. The maximum atomic E-state index is 12.8. The predicted molar refractivity (Wildman–Crippen MR) is 97.9 cm³/mol. The first kappa shape index (κ1) is 18.9. The summed E-state index contributed by atoms with van der Waals surface area (Å²) in [6, 6.07) is 6.77. The van der Waals surface area contributed by atoms with Crippen LogP contribution in [0, 0.1) is 12.8 Å². The van der Waals surface area contributed by atoms with Crippen LogP contribution in [0.4, 0.5) is 0 Å². The normalized spacial score (nSPS) is 36.2. The Kier molecular flexibility index (Phi) is 5.03. The molecule has 4 nitrogen and oxygen atoms in total. The van der Waals surface area contributed by atoms with Gasteiger partial charge in [0.15, 0.2) is 0 Å². The summed E-state index contributed by atoms with van der Waals surface area (Å²) < 4.78 is 28.6. The van der Waals surface area contributed by atoms with Crippen LogP contribution in [0.3, 0.4) is 0 Å². The second-order valence-corrected chi connectivity index (χ2v) is 17.1. The Balaban J connectivity index is 1.89. The molecule has 1 aromatic rings. The molecule has 1 aliphatic carbocycles. The second kappa shape index (κ2) is 6.38. The molecule has 1 aliphatic heterocycles. The first-order chi connectivity index (χ1) is 11.1. The van der Waals surface area contributed by atoms with Crippen molar-refractivity contribution in [2.75, 3.05) is 0 Å². The number of sulfonamides is 1. The average molecular weight is 481 g/mol. The summed E-state index contributed by atoms with van der Waals surface area (Å²) in [6.45, 7) is 8.25. The summed E-state index contributed by atoms with van der Waals surface area (Å²) >= 11 is 0.843. The van der Waals surface area contributed by atoms with E-state index in [-0.39, 0.29) is 16.3 Å². The minimum atomic E-state index is -3.56. The summed E-state index contributed by atoms with van der Waals surface area (Å²) in [7, 11) is -3.56. The molecule has 2 fully saturated rings. The molecule has 2 bridgehead atoms. The molecule has 1 heterocycles. The van der Waals surface area contributed by atoms with Gasteiger partial charge in [0.2, 0.25) is 0 Å². The molecule has 1 aromatic carbocycles. The summed E-state index contributed by atoms with van der Waals surface area (Å²) in [4.78, 5) is 0.679. The number of benzene rings is 1. The number of hydrogen-bond acceptors (Lipinski definition) is 3. The zero-order valence-electron chi connectivity index (χ0n) is 14.4. The molecule has 4 atom stereocenters. The van der Waals surface area contributed by atoms with Gasteiger partial charge in [0, 0.05) is 0 Å². The Morgan fingerprint density at radius 2 is 1.88 bits per heavy atom. The van der Waals surface area contributed by atoms with Crippen LogP contribution in [0.1, 0.15) is 39.2 Å². The number of hydrogen-bond donors (Lipinski definition) is 2. The fourth-order valence-corrected chi connectivity index (χ4v) is 17.5. The van der Waals surface area contributed by atoms with E-state index < -0.39 is 15.6 Å². The summed E-state index contributed by atoms with van der Waals surface area (Å²) in [5.74, 6) is 0.147.